The second-order valence-electron chi connectivity index (χ2n) is 4.26. The van der Waals surface area contributed by atoms with Gasteiger partial charge < -0.3 is 10.5 Å². The van der Waals surface area contributed by atoms with Gasteiger partial charge in [0, 0.05) is 15.6 Å². The SMILES string of the molecule is COc1ccc2nc(N)n(-c3ccc(Cl)cc3Br)c2c1. The summed E-state index contributed by atoms with van der Waals surface area (Å²) in [5.41, 5.74) is 8.61. The second-order valence-corrected chi connectivity index (χ2v) is 5.55. The van der Waals surface area contributed by atoms with Gasteiger partial charge in [-0.15, -0.1) is 0 Å². The van der Waals surface area contributed by atoms with Crippen LogP contribution in [0.15, 0.2) is 40.9 Å². The highest BCUT2D eigenvalue weighted by molar-refractivity contribution is 9.10. The smallest absolute Gasteiger partial charge is 0.205 e. The Hall–Kier alpha value is -1.72. The van der Waals surface area contributed by atoms with E-state index in [1.54, 1.807) is 7.11 Å². The van der Waals surface area contributed by atoms with E-state index in [1.807, 2.05) is 41.0 Å². The van der Waals surface area contributed by atoms with E-state index >= 15 is 0 Å². The molecule has 0 radical (unpaired) electrons. The number of nitrogens with two attached hydrogens (primary N) is 1. The molecule has 0 bridgehead atoms. The first-order valence-electron chi connectivity index (χ1n) is 5.87. The zero-order valence-electron chi connectivity index (χ0n) is 10.6. The van der Waals surface area contributed by atoms with Gasteiger partial charge in [-0.3, -0.25) is 4.57 Å². The van der Waals surface area contributed by atoms with E-state index in [4.69, 9.17) is 22.1 Å². The van der Waals surface area contributed by atoms with Gasteiger partial charge in [-0.2, -0.15) is 0 Å². The van der Waals surface area contributed by atoms with E-state index in [9.17, 15) is 0 Å². The molecular weight excluding hydrogens is 342 g/mol. The summed E-state index contributed by atoms with van der Waals surface area (Å²) < 4.78 is 7.96. The minimum atomic E-state index is 0.413. The van der Waals surface area contributed by atoms with E-state index in [2.05, 4.69) is 20.9 Å². The monoisotopic (exact) mass is 351 g/mol. The molecule has 0 spiro atoms. The number of nitrogen functional groups attached to an aromatic ring is 1. The molecule has 6 heteroatoms. The average molecular weight is 353 g/mol. The molecule has 20 heavy (non-hydrogen) atoms. The first-order valence-corrected chi connectivity index (χ1v) is 7.04. The van der Waals surface area contributed by atoms with Gasteiger partial charge in [-0.25, -0.2) is 4.98 Å². The van der Waals surface area contributed by atoms with Crippen molar-refractivity contribution in [3.63, 3.8) is 0 Å². The number of benzene rings is 2. The van der Waals surface area contributed by atoms with E-state index in [-0.39, 0.29) is 0 Å². The van der Waals surface area contributed by atoms with Crippen LogP contribution in [0, 0.1) is 0 Å². The van der Waals surface area contributed by atoms with Crippen molar-refractivity contribution in [2.75, 3.05) is 12.8 Å². The molecule has 2 N–H and O–H groups in total. The van der Waals surface area contributed by atoms with Gasteiger partial charge >= 0.3 is 0 Å². The number of fused-ring (bicyclic) bond motifs is 1. The fourth-order valence-electron chi connectivity index (χ4n) is 2.12. The van der Waals surface area contributed by atoms with Gasteiger partial charge in [0.2, 0.25) is 5.95 Å². The first kappa shape index (κ1) is 13.3. The maximum Gasteiger partial charge on any atom is 0.205 e. The third kappa shape index (κ3) is 2.13. The van der Waals surface area contributed by atoms with E-state index < -0.39 is 0 Å². The lowest BCUT2D eigenvalue weighted by Gasteiger charge is -2.09. The molecule has 1 heterocycles. The number of rotatable bonds is 2. The van der Waals surface area contributed by atoms with Crippen molar-refractivity contribution < 1.29 is 4.74 Å². The number of methoxy groups -OCH3 is 1. The van der Waals surface area contributed by atoms with E-state index in [0.717, 1.165) is 26.9 Å². The standard InChI is InChI=1S/C14H11BrClN3O/c1-20-9-3-4-11-13(7-9)19(14(17)18-11)12-5-2-8(16)6-10(12)15/h2-7H,1H3,(H2,17,18). The third-order valence-corrected chi connectivity index (χ3v) is 3.91. The summed E-state index contributed by atoms with van der Waals surface area (Å²) in [6.45, 7) is 0. The largest absolute Gasteiger partial charge is 0.497 e. The Morgan fingerprint density at radius 1 is 1.25 bits per heavy atom. The number of aromatic nitrogens is 2. The van der Waals surface area contributed by atoms with Crippen molar-refractivity contribution >= 4 is 44.5 Å². The van der Waals surface area contributed by atoms with E-state index in [0.29, 0.717) is 11.0 Å². The first-order chi connectivity index (χ1) is 9.60. The highest BCUT2D eigenvalue weighted by Gasteiger charge is 2.13. The van der Waals surface area contributed by atoms with Gasteiger partial charge in [-0.05, 0) is 46.3 Å². The maximum atomic E-state index is 6.04. The quantitative estimate of drug-likeness (QED) is 0.757. The van der Waals surface area contributed by atoms with Crippen molar-refractivity contribution in [1.29, 1.82) is 0 Å². The van der Waals surface area contributed by atoms with Crippen LogP contribution >= 0.6 is 27.5 Å². The predicted octanol–water partition coefficient (Wildman–Crippen LogP) is 4.03. The molecule has 0 atom stereocenters. The fourth-order valence-corrected chi connectivity index (χ4v) is 2.98. The molecule has 0 saturated carbocycles. The predicted molar refractivity (Wildman–Crippen MR) is 84.7 cm³/mol. The fraction of sp³-hybridized carbons (Fsp3) is 0.0714. The van der Waals surface area contributed by atoms with Crippen LogP contribution in [0.1, 0.15) is 0 Å². The normalized spacial score (nSPS) is 10.9. The van der Waals surface area contributed by atoms with Crippen molar-refractivity contribution in [1.82, 2.24) is 9.55 Å². The number of hydrogen-bond donors (Lipinski definition) is 1. The molecule has 2 aromatic carbocycles. The number of halogens is 2. The Bertz CT molecular complexity index is 800. The van der Waals surface area contributed by atoms with Gasteiger partial charge in [0.1, 0.15) is 5.75 Å². The Labute approximate surface area is 129 Å². The second kappa shape index (κ2) is 5.00. The van der Waals surface area contributed by atoms with Gasteiger partial charge in [0.15, 0.2) is 0 Å². The summed E-state index contributed by atoms with van der Waals surface area (Å²) in [5, 5.41) is 0.654. The van der Waals surface area contributed by atoms with Gasteiger partial charge in [0.25, 0.3) is 0 Å². The summed E-state index contributed by atoms with van der Waals surface area (Å²) in [4.78, 5) is 4.36. The molecule has 0 saturated heterocycles. The van der Waals surface area contributed by atoms with Crippen LogP contribution < -0.4 is 10.5 Å². The minimum Gasteiger partial charge on any atom is -0.497 e. The highest BCUT2D eigenvalue weighted by Crippen LogP contribution is 2.31. The zero-order chi connectivity index (χ0) is 14.3. The molecule has 0 aliphatic heterocycles. The molecule has 3 rings (SSSR count). The van der Waals surface area contributed by atoms with Crippen molar-refractivity contribution in [3.05, 3.63) is 45.9 Å². The zero-order valence-corrected chi connectivity index (χ0v) is 12.9. The van der Waals surface area contributed by atoms with Crippen molar-refractivity contribution in [3.8, 4) is 11.4 Å². The molecule has 0 amide bonds. The van der Waals surface area contributed by atoms with Crippen LogP contribution in [0.4, 0.5) is 5.95 Å². The number of ether oxygens (including phenoxy) is 1. The minimum absolute atomic E-state index is 0.413. The van der Waals surface area contributed by atoms with Crippen LogP contribution in [-0.4, -0.2) is 16.7 Å². The summed E-state index contributed by atoms with van der Waals surface area (Å²) in [5.74, 6) is 1.17. The Kier molecular flexibility index (Phi) is 3.31. The van der Waals surface area contributed by atoms with Crippen LogP contribution in [0.2, 0.25) is 5.02 Å². The Morgan fingerprint density at radius 3 is 2.75 bits per heavy atom. The van der Waals surface area contributed by atoms with Gasteiger partial charge in [0.05, 0.1) is 23.8 Å². The molecule has 0 aliphatic carbocycles. The van der Waals surface area contributed by atoms with Crippen LogP contribution in [0.25, 0.3) is 16.7 Å². The van der Waals surface area contributed by atoms with E-state index in [1.165, 1.54) is 0 Å². The lowest BCUT2D eigenvalue weighted by Crippen LogP contribution is -2.01. The molecule has 1 aromatic heterocycles. The summed E-state index contributed by atoms with van der Waals surface area (Å²) in [6, 6.07) is 11.2. The molecule has 0 aliphatic rings. The summed E-state index contributed by atoms with van der Waals surface area (Å²) in [7, 11) is 1.63. The molecule has 0 fully saturated rings. The van der Waals surface area contributed by atoms with Crippen molar-refractivity contribution in [2.45, 2.75) is 0 Å². The number of hydrogen-bond acceptors (Lipinski definition) is 3. The Balaban J connectivity index is 2.31. The molecule has 4 nitrogen and oxygen atoms in total. The maximum absolute atomic E-state index is 6.04. The third-order valence-electron chi connectivity index (χ3n) is 3.04. The Morgan fingerprint density at radius 2 is 2.05 bits per heavy atom. The molecule has 0 unspecified atom stereocenters. The van der Waals surface area contributed by atoms with Crippen LogP contribution in [-0.2, 0) is 0 Å². The molecule has 102 valence electrons. The van der Waals surface area contributed by atoms with Gasteiger partial charge in [-0.1, -0.05) is 11.6 Å². The van der Waals surface area contributed by atoms with Crippen LogP contribution in [0.3, 0.4) is 0 Å². The van der Waals surface area contributed by atoms with Crippen LogP contribution in [0.5, 0.6) is 5.75 Å². The average Bonchev–Trinajstić information content (AvgIpc) is 2.74. The lowest BCUT2D eigenvalue weighted by atomic mass is 10.2. The number of anilines is 1. The van der Waals surface area contributed by atoms with Crippen molar-refractivity contribution in [2.24, 2.45) is 0 Å². The number of nitrogens with zero attached hydrogens (tertiary/aromatic N) is 2. The lowest BCUT2D eigenvalue weighted by molar-refractivity contribution is 0.415. The highest BCUT2D eigenvalue weighted by atomic mass is 79.9. The topological polar surface area (TPSA) is 53.1 Å². The summed E-state index contributed by atoms with van der Waals surface area (Å²) >= 11 is 9.48. The molecular formula is C14H11BrClN3O. The molecule has 3 aromatic rings. The summed E-state index contributed by atoms with van der Waals surface area (Å²) in [6.07, 6.45) is 0. The number of imidazole rings is 1.